The molecule has 0 radical (unpaired) electrons. The number of hydrogen-bond donors (Lipinski definition) is 1. The predicted octanol–water partition coefficient (Wildman–Crippen LogP) is 2.44. The molecule has 2 heterocycles. The van der Waals surface area contributed by atoms with Crippen molar-refractivity contribution in [2.75, 3.05) is 18.0 Å². The molecule has 0 spiro atoms. The average Bonchev–Trinajstić information content (AvgIpc) is 3.23. The van der Waals surface area contributed by atoms with Crippen LogP contribution in [-0.2, 0) is 6.54 Å². The van der Waals surface area contributed by atoms with Gasteiger partial charge < -0.3 is 10.2 Å². The summed E-state index contributed by atoms with van der Waals surface area (Å²) in [6.45, 7) is 6.70. The smallest absolute Gasteiger partial charge is 0.251 e. The van der Waals surface area contributed by atoms with Crippen molar-refractivity contribution in [3.05, 3.63) is 66.4 Å². The van der Waals surface area contributed by atoms with Gasteiger partial charge in [0.1, 0.15) is 12.7 Å². The van der Waals surface area contributed by atoms with Crippen LogP contribution in [0.3, 0.4) is 0 Å². The van der Waals surface area contributed by atoms with Gasteiger partial charge in [0, 0.05) is 37.1 Å². The fraction of sp³-hybridized carbons (Fsp3) is 0.263. The van der Waals surface area contributed by atoms with Gasteiger partial charge in [-0.15, -0.1) is 0 Å². The van der Waals surface area contributed by atoms with Gasteiger partial charge in [0.25, 0.3) is 5.91 Å². The minimum absolute atomic E-state index is 0.151. The van der Waals surface area contributed by atoms with Crippen molar-refractivity contribution < 1.29 is 4.79 Å². The monoisotopic (exact) mass is 350 g/mol. The lowest BCUT2D eigenvalue weighted by atomic mass is 10.2. The number of pyridine rings is 1. The highest BCUT2D eigenvalue weighted by Crippen LogP contribution is 2.15. The molecule has 0 aliphatic rings. The Morgan fingerprint density at radius 3 is 2.58 bits per heavy atom. The fourth-order valence-corrected chi connectivity index (χ4v) is 2.71. The van der Waals surface area contributed by atoms with Crippen molar-refractivity contribution in [3.63, 3.8) is 0 Å². The van der Waals surface area contributed by atoms with E-state index in [9.17, 15) is 4.79 Å². The first-order chi connectivity index (χ1) is 12.7. The molecule has 0 saturated carbocycles. The highest BCUT2D eigenvalue weighted by atomic mass is 16.1. The van der Waals surface area contributed by atoms with Gasteiger partial charge in [0.05, 0.1) is 0 Å². The molecule has 0 aliphatic carbocycles. The van der Waals surface area contributed by atoms with E-state index in [1.54, 1.807) is 24.7 Å². The van der Waals surface area contributed by atoms with E-state index in [1.165, 1.54) is 16.7 Å². The first kappa shape index (κ1) is 17.6. The van der Waals surface area contributed by atoms with Crippen LogP contribution >= 0.6 is 0 Å². The summed E-state index contributed by atoms with van der Waals surface area (Å²) in [7, 11) is 0. The van der Waals surface area contributed by atoms with E-state index in [0.29, 0.717) is 17.9 Å². The number of amides is 1. The summed E-state index contributed by atoms with van der Waals surface area (Å²) in [5.74, 6) is 0.403. The lowest BCUT2D eigenvalue weighted by molar-refractivity contribution is 0.0950. The number of nitrogens with zero attached hydrogens (tertiary/aromatic N) is 5. The molecule has 0 unspecified atom stereocenters. The van der Waals surface area contributed by atoms with E-state index < -0.39 is 0 Å². The number of benzene rings is 1. The van der Waals surface area contributed by atoms with E-state index in [2.05, 4.69) is 51.3 Å². The molecule has 134 valence electrons. The van der Waals surface area contributed by atoms with Crippen molar-refractivity contribution in [1.82, 2.24) is 25.1 Å². The van der Waals surface area contributed by atoms with Gasteiger partial charge in [-0.25, -0.2) is 14.6 Å². The third-order valence-electron chi connectivity index (χ3n) is 4.18. The van der Waals surface area contributed by atoms with Crippen molar-refractivity contribution >= 4 is 11.6 Å². The maximum absolute atomic E-state index is 12.4. The van der Waals surface area contributed by atoms with Gasteiger partial charge in [-0.1, -0.05) is 12.1 Å². The first-order valence-corrected chi connectivity index (χ1v) is 8.64. The zero-order valence-electron chi connectivity index (χ0n) is 15.0. The second kappa shape index (κ2) is 8.24. The third-order valence-corrected chi connectivity index (χ3v) is 4.18. The van der Waals surface area contributed by atoms with Crippen LogP contribution in [-0.4, -0.2) is 38.7 Å². The second-order valence-corrected chi connectivity index (χ2v) is 5.76. The first-order valence-electron chi connectivity index (χ1n) is 8.64. The van der Waals surface area contributed by atoms with Crippen LogP contribution in [0.4, 0.5) is 5.69 Å². The molecule has 3 rings (SSSR count). The number of nitrogens with one attached hydrogen (secondary N) is 1. The number of aromatic nitrogens is 4. The Morgan fingerprint density at radius 2 is 1.92 bits per heavy atom. The SMILES string of the molecule is CCN(CC)c1ccc(CNC(=O)c2ccnc(-n3cncn3)c2)cc1. The molecule has 1 N–H and O–H groups in total. The second-order valence-electron chi connectivity index (χ2n) is 5.76. The van der Waals surface area contributed by atoms with Gasteiger partial charge in [-0.05, 0) is 43.7 Å². The van der Waals surface area contributed by atoms with Crippen LogP contribution in [0.25, 0.3) is 5.82 Å². The van der Waals surface area contributed by atoms with Gasteiger partial charge in [0.15, 0.2) is 5.82 Å². The number of carbonyl (C=O) groups excluding carboxylic acids is 1. The highest BCUT2D eigenvalue weighted by Gasteiger charge is 2.08. The van der Waals surface area contributed by atoms with Gasteiger partial charge >= 0.3 is 0 Å². The largest absolute Gasteiger partial charge is 0.372 e. The molecule has 0 aliphatic heterocycles. The minimum atomic E-state index is -0.151. The molecular formula is C19H22N6O. The van der Waals surface area contributed by atoms with E-state index in [0.717, 1.165) is 18.7 Å². The lowest BCUT2D eigenvalue weighted by Crippen LogP contribution is -2.23. The Balaban J connectivity index is 1.63. The summed E-state index contributed by atoms with van der Waals surface area (Å²) >= 11 is 0. The summed E-state index contributed by atoms with van der Waals surface area (Å²) in [4.78, 5) is 22.8. The lowest BCUT2D eigenvalue weighted by Gasteiger charge is -2.21. The standard InChI is InChI=1S/C19H22N6O/c1-3-24(4-2)17-7-5-15(6-8-17)12-22-19(26)16-9-10-21-18(11-16)25-14-20-13-23-25/h5-11,13-14H,3-4,12H2,1-2H3,(H,22,26). The number of carbonyl (C=O) groups is 1. The molecule has 1 aromatic carbocycles. The Morgan fingerprint density at radius 1 is 1.15 bits per heavy atom. The number of hydrogen-bond acceptors (Lipinski definition) is 5. The van der Waals surface area contributed by atoms with Crippen LogP contribution in [0.15, 0.2) is 55.2 Å². The normalized spacial score (nSPS) is 10.5. The predicted molar refractivity (Wildman–Crippen MR) is 100 cm³/mol. The molecule has 7 nitrogen and oxygen atoms in total. The molecule has 0 bridgehead atoms. The average molecular weight is 350 g/mol. The molecule has 0 atom stereocenters. The highest BCUT2D eigenvalue weighted by molar-refractivity contribution is 5.94. The van der Waals surface area contributed by atoms with Crippen molar-refractivity contribution in [2.24, 2.45) is 0 Å². The molecule has 0 fully saturated rings. The van der Waals surface area contributed by atoms with Crippen LogP contribution in [0.1, 0.15) is 29.8 Å². The van der Waals surface area contributed by atoms with Crippen molar-refractivity contribution in [2.45, 2.75) is 20.4 Å². The Bertz CT molecular complexity index is 841. The van der Waals surface area contributed by atoms with E-state index in [1.807, 2.05) is 12.1 Å². The van der Waals surface area contributed by atoms with Gasteiger partial charge in [-0.2, -0.15) is 5.10 Å². The quantitative estimate of drug-likeness (QED) is 0.708. The van der Waals surface area contributed by atoms with E-state index in [-0.39, 0.29) is 5.91 Å². The van der Waals surface area contributed by atoms with Gasteiger partial charge in [0.2, 0.25) is 0 Å². The Kier molecular flexibility index (Phi) is 5.58. The number of rotatable bonds is 7. The Hall–Kier alpha value is -3.22. The minimum Gasteiger partial charge on any atom is -0.372 e. The maximum Gasteiger partial charge on any atom is 0.251 e. The van der Waals surface area contributed by atoms with Gasteiger partial charge in [-0.3, -0.25) is 4.79 Å². The molecule has 1 amide bonds. The molecule has 7 heteroatoms. The van der Waals surface area contributed by atoms with Crippen molar-refractivity contribution in [1.29, 1.82) is 0 Å². The fourth-order valence-electron chi connectivity index (χ4n) is 2.71. The molecule has 2 aromatic heterocycles. The van der Waals surface area contributed by atoms with Crippen LogP contribution in [0.2, 0.25) is 0 Å². The van der Waals surface area contributed by atoms with E-state index >= 15 is 0 Å². The van der Waals surface area contributed by atoms with Crippen LogP contribution in [0.5, 0.6) is 0 Å². The van der Waals surface area contributed by atoms with Crippen LogP contribution < -0.4 is 10.2 Å². The summed E-state index contributed by atoms with van der Waals surface area (Å²) in [6.07, 6.45) is 4.56. The van der Waals surface area contributed by atoms with Crippen molar-refractivity contribution in [3.8, 4) is 5.82 Å². The summed E-state index contributed by atoms with van der Waals surface area (Å²) in [5.41, 5.74) is 2.78. The molecule has 26 heavy (non-hydrogen) atoms. The number of anilines is 1. The summed E-state index contributed by atoms with van der Waals surface area (Å²) < 4.78 is 1.52. The molecule has 3 aromatic rings. The van der Waals surface area contributed by atoms with E-state index in [4.69, 9.17) is 0 Å². The summed E-state index contributed by atoms with van der Waals surface area (Å²) in [6, 6.07) is 11.6. The molecular weight excluding hydrogens is 328 g/mol. The zero-order valence-corrected chi connectivity index (χ0v) is 15.0. The molecule has 0 saturated heterocycles. The third kappa shape index (κ3) is 4.05. The maximum atomic E-state index is 12.4. The zero-order chi connectivity index (χ0) is 18.4. The van der Waals surface area contributed by atoms with Crippen LogP contribution in [0, 0.1) is 0 Å². The summed E-state index contributed by atoms with van der Waals surface area (Å²) in [5, 5.41) is 6.96. The Labute approximate surface area is 152 Å². The topological polar surface area (TPSA) is 75.9 Å².